The van der Waals surface area contributed by atoms with Crippen molar-refractivity contribution in [2.75, 3.05) is 13.1 Å². The monoisotopic (exact) mass is 384 g/mol. The second-order valence-electron chi connectivity index (χ2n) is 8.24. The molecule has 0 aromatic carbocycles. The van der Waals surface area contributed by atoms with Gasteiger partial charge < -0.3 is 19.4 Å². The minimum atomic E-state index is -0.345. The Kier molecular flexibility index (Phi) is 5.19. The number of hydrogen-bond acceptors (Lipinski definition) is 3. The van der Waals surface area contributed by atoms with Gasteiger partial charge in [-0.05, 0) is 51.3 Å². The standard InChI is InChI=1S/C21H28N4O3/c1-6-22-18(26)17-16-8-9-24(12-15(16)11-23(5)20(17)28)19(27)14-7-10-25(13-14)21(2,3)4/h7,10-11,13H,6,8-9,12H2,1-5H3,(H,22,26). The molecule has 1 aliphatic rings. The minimum absolute atomic E-state index is 0.0398. The quantitative estimate of drug-likeness (QED) is 0.878. The van der Waals surface area contributed by atoms with Gasteiger partial charge >= 0.3 is 0 Å². The molecule has 1 N–H and O–H groups in total. The zero-order valence-electron chi connectivity index (χ0n) is 17.2. The van der Waals surface area contributed by atoms with Crippen LogP contribution in [0.4, 0.5) is 0 Å². The molecule has 3 heterocycles. The molecule has 7 nitrogen and oxygen atoms in total. The first-order valence-electron chi connectivity index (χ1n) is 9.60. The van der Waals surface area contributed by atoms with Crippen LogP contribution < -0.4 is 10.9 Å². The van der Waals surface area contributed by atoms with Gasteiger partial charge in [-0.2, -0.15) is 0 Å². The predicted octanol–water partition coefficient (Wildman–Crippen LogP) is 1.89. The number of pyridine rings is 1. The van der Waals surface area contributed by atoms with Crippen LogP contribution in [0.5, 0.6) is 0 Å². The number of carbonyl (C=O) groups is 2. The fraction of sp³-hybridized carbons (Fsp3) is 0.476. The topological polar surface area (TPSA) is 76.3 Å². The third-order valence-corrected chi connectivity index (χ3v) is 5.13. The Balaban J connectivity index is 1.90. The van der Waals surface area contributed by atoms with Gasteiger partial charge in [0.2, 0.25) is 0 Å². The molecule has 150 valence electrons. The number of carbonyl (C=O) groups excluding carboxylic acids is 2. The number of nitrogens with zero attached hydrogens (tertiary/aromatic N) is 3. The third-order valence-electron chi connectivity index (χ3n) is 5.13. The minimum Gasteiger partial charge on any atom is -0.352 e. The van der Waals surface area contributed by atoms with Crippen molar-refractivity contribution in [2.24, 2.45) is 7.05 Å². The number of rotatable bonds is 3. The molecule has 0 radical (unpaired) electrons. The fourth-order valence-electron chi connectivity index (χ4n) is 3.57. The largest absolute Gasteiger partial charge is 0.352 e. The smallest absolute Gasteiger partial charge is 0.263 e. The van der Waals surface area contributed by atoms with Crippen molar-refractivity contribution in [1.82, 2.24) is 19.4 Å². The summed E-state index contributed by atoms with van der Waals surface area (Å²) in [4.78, 5) is 39.7. The van der Waals surface area contributed by atoms with Crippen LogP contribution in [0.2, 0.25) is 0 Å². The van der Waals surface area contributed by atoms with Crippen LogP contribution in [0.15, 0.2) is 29.5 Å². The number of hydrogen-bond donors (Lipinski definition) is 1. The maximum absolute atomic E-state index is 13.0. The summed E-state index contributed by atoms with van der Waals surface area (Å²) in [5.74, 6) is -0.385. The highest BCUT2D eigenvalue weighted by Gasteiger charge is 2.28. The van der Waals surface area contributed by atoms with E-state index in [1.807, 2.05) is 30.0 Å². The van der Waals surface area contributed by atoms with Gasteiger partial charge in [-0.15, -0.1) is 0 Å². The molecule has 0 fully saturated rings. The van der Waals surface area contributed by atoms with E-state index in [1.54, 1.807) is 18.1 Å². The molecule has 28 heavy (non-hydrogen) atoms. The Labute approximate surface area is 165 Å². The SMILES string of the molecule is CCNC(=O)c1c2c(cn(C)c1=O)CN(C(=O)c1ccn(C(C)(C)C)c1)CC2. The first-order valence-corrected chi connectivity index (χ1v) is 9.60. The molecule has 0 saturated carbocycles. The highest BCUT2D eigenvalue weighted by atomic mass is 16.2. The number of nitrogens with one attached hydrogen (secondary N) is 1. The molecule has 2 aromatic heterocycles. The molecule has 2 aromatic rings. The molecular weight excluding hydrogens is 356 g/mol. The lowest BCUT2D eigenvalue weighted by Gasteiger charge is -2.30. The lowest BCUT2D eigenvalue weighted by Crippen LogP contribution is -2.41. The van der Waals surface area contributed by atoms with Crippen LogP contribution in [0.1, 0.15) is 59.5 Å². The van der Waals surface area contributed by atoms with Crippen molar-refractivity contribution in [3.8, 4) is 0 Å². The van der Waals surface area contributed by atoms with Gasteiger partial charge in [-0.3, -0.25) is 14.4 Å². The lowest BCUT2D eigenvalue weighted by molar-refractivity contribution is 0.0733. The second kappa shape index (κ2) is 7.30. The maximum atomic E-state index is 13.0. The number of fused-ring (bicyclic) bond motifs is 1. The highest BCUT2D eigenvalue weighted by Crippen LogP contribution is 2.23. The van der Waals surface area contributed by atoms with Crippen molar-refractivity contribution < 1.29 is 9.59 Å². The van der Waals surface area contributed by atoms with E-state index < -0.39 is 0 Å². The van der Waals surface area contributed by atoms with E-state index in [1.165, 1.54) is 4.57 Å². The van der Waals surface area contributed by atoms with Gasteiger partial charge in [-0.25, -0.2) is 0 Å². The predicted molar refractivity (Wildman–Crippen MR) is 108 cm³/mol. The van der Waals surface area contributed by atoms with Crippen LogP contribution in [0.25, 0.3) is 0 Å². The number of aryl methyl sites for hydroxylation is 1. The number of amides is 2. The van der Waals surface area contributed by atoms with Crippen LogP contribution in [-0.2, 0) is 25.6 Å². The molecule has 0 spiro atoms. The van der Waals surface area contributed by atoms with Crippen molar-refractivity contribution in [2.45, 2.75) is 46.2 Å². The Morgan fingerprint density at radius 1 is 1.21 bits per heavy atom. The van der Waals surface area contributed by atoms with Gasteiger partial charge in [0.25, 0.3) is 17.4 Å². The zero-order valence-corrected chi connectivity index (χ0v) is 17.2. The summed E-state index contributed by atoms with van der Waals surface area (Å²) in [5.41, 5.74) is 2.06. The van der Waals surface area contributed by atoms with Gasteiger partial charge in [0, 0.05) is 50.8 Å². The Morgan fingerprint density at radius 2 is 1.93 bits per heavy atom. The van der Waals surface area contributed by atoms with Gasteiger partial charge in [-0.1, -0.05) is 0 Å². The summed E-state index contributed by atoms with van der Waals surface area (Å²) < 4.78 is 3.45. The lowest BCUT2D eigenvalue weighted by atomic mass is 9.95. The highest BCUT2D eigenvalue weighted by molar-refractivity contribution is 5.96. The first kappa shape index (κ1) is 19.9. The van der Waals surface area contributed by atoms with E-state index >= 15 is 0 Å². The molecule has 0 atom stereocenters. The molecule has 2 amide bonds. The van der Waals surface area contributed by atoms with Crippen molar-refractivity contribution in [1.29, 1.82) is 0 Å². The van der Waals surface area contributed by atoms with E-state index in [9.17, 15) is 14.4 Å². The zero-order chi connectivity index (χ0) is 20.6. The van der Waals surface area contributed by atoms with Crippen LogP contribution in [-0.4, -0.2) is 38.9 Å². The van der Waals surface area contributed by atoms with Gasteiger partial charge in [0.1, 0.15) is 5.56 Å². The van der Waals surface area contributed by atoms with Crippen molar-refractivity contribution in [3.63, 3.8) is 0 Å². The average molecular weight is 384 g/mol. The molecule has 0 bridgehead atoms. The Bertz CT molecular complexity index is 979. The molecule has 7 heteroatoms. The van der Waals surface area contributed by atoms with E-state index in [0.29, 0.717) is 31.6 Å². The Hall–Kier alpha value is -2.83. The normalized spacial score (nSPS) is 14.0. The van der Waals surface area contributed by atoms with E-state index in [0.717, 1.165) is 11.1 Å². The van der Waals surface area contributed by atoms with Crippen LogP contribution in [0, 0.1) is 0 Å². The maximum Gasteiger partial charge on any atom is 0.263 e. The van der Waals surface area contributed by atoms with E-state index in [-0.39, 0.29) is 28.5 Å². The molecule has 0 aliphatic carbocycles. The summed E-state index contributed by atoms with van der Waals surface area (Å²) in [5, 5.41) is 2.72. The molecular formula is C21H28N4O3. The van der Waals surface area contributed by atoms with Crippen LogP contribution in [0.3, 0.4) is 0 Å². The molecule has 1 aliphatic heterocycles. The van der Waals surface area contributed by atoms with Gasteiger partial charge in [0.05, 0.1) is 5.56 Å². The number of aromatic nitrogens is 2. The summed E-state index contributed by atoms with van der Waals surface area (Å²) in [6.45, 7) is 9.40. The van der Waals surface area contributed by atoms with Crippen LogP contribution >= 0.6 is 0 Å². The molecule has 0 saturated heterocycles. The fourth-order valence-corrected chi connectivity index (χ4v) is 3.57. The third kappa shape index (κ3) is 3.61. The Morgan fingerprint density at radius 3 is 2.54 bits per heavy atom. The molecule has 0 unspecified atom stereocenters. The van der Waals surface area contributed by atoms with Crippen molar-refractivity contribution >= 4 is 11.8 Å². The summed E-state index contributed by atoms with van der Waals surface area (Å²) in [7, 11) is 1.63. The molecule has 3 rings (SSSR count). The van der Waals surface area contributed by atoms with Crippen molar-refractivity contribution in [3.05, 3.63) is 57.3 Å². The van der Waals surface area contributed by atoms with Gasteiger partial charge in [0.15, 0.2) is 0 Å². The first-order chi connectivity index (χ1) is 13.1. The second-order valence-corrected chi connectivity index (χ2v) is 8.24. The average Bonchev–Trinajstić information content (AvgIpc) is 3.12. The summed E-state index contributed by atoms with van der Waals surface area (Å²) >= 11 is 0. The summed E-state index contributed by atoms with van der Waals surface area (Å²) in [6.07, 6.45) is 6.02. The van der Waals surface area contributed by atoms with E-state index in [4.69, 9.17) is 0 Å². The summed E-state index contributed by atoms with van der Waals surface area (Å²) in [6, 6.07) is 1.84. The van der Waals surface area contributed by atoms with E-state index in [2.05, 4.69) is 26.1 Å².